The van der Waals surface area contributed by atoms with Crippen molar-refractivity contribution in [1.82, 2.24) is 0 Å². The fraction of sp³-hybridized carbons (Fsp3) is 0.176. The average molecular weight is 312 g/mol. The van der Waals surface area contributed by atoms with Gasteiger partial charge in [0.2, 0.25) is 5.91 Å². The number of anilines is 1. The molecule has 1 N–H and O–H groups in total. The lowest BCUT2D eigenvalue weighted by Gasteiger charge is -2.06. The first-order chi connectivity index (χ1) is 10.7. The highest BCUT2D eigenvalue weighted by molar-refractivity contribution is 7.99. The summed E-state index contributed by atoms with van der Waals surface area (Å²) in [6.45, 7) is 0. The summed E-state index contributed by atoms with van der Waals surface area (Å²) in [5, 5.41) is 11.6. The number of nitrogens with zero attached hydrogens (tertiary/aromatic N) is 1. The molecule has 2 aromatic carbocycles. The number of benzene rings is 2. The fourth-order valence-corrected chi connectivity index (χ4v) is 2.68. The van der Waals surface area contributed by atoms with Crippen LogP contribution >= 0.6 is 11.8 Å². The second kappa shape index (κ2) is 8.11. The lowest BCUT2D eigenvalue weighted by Crippen LogP contribution is -2.12. The lowest BCUT2D eigenvalue weighted by molar-refractivity contribution is -0.115. The Kier molecular flexibility index (Phi) is 5.87. The van der Waals surface area contributed by atoms with Gasteiger partial charge >= 0.3 is 0 Å². The van der Waals surface area contributed by atoms with Crippen LogP contribution in [0.2, 0.25) is 0 Å². The van der Waals surface area contributed by atoms with Gasteiger partial charge in [-0.15, -0.1) is 11.8 Å². The molecule has 0 saturated carbocycles. The van der Waals surface area contributed by atoms with Crippen LogP contribution in [-0.4, -0.2) is 18.8 Å². The summed E-state index contributed by atoms with van der Waals surface area (Å²) in [6.07, 6.45) is 0.410. The van der Waals surface area contributed by atoms with Crippen LogP contribution in [0.15, 0.2) is 53.4 Å². The second-order valence-electron chi connectivity index (χ2n) is 4.51. The Balaban J connectivity index is 1.78. The monoisotopic (exact) mass is 312 g/mol. The van der Waals surface area contributed by atoms with Crippen LogP contribution in [0.5, 0.6) is 5.75 Å². The molecule has 0 aromatic heterocycles. The molecule has 0 fully saturated rings. The van der Waals surface area contributed by atoms with E-state index in [0.29, 0.717) is 23.4 Å². The molecular formula is C17H16N2O2S. The molecule has 112 valence electrons. The highest BCUT2D eigenvalue weighted by atomic mass is 32.2. The molecule has 0 saturated heterocycles. The van der Waals surface area contributed by atoms with Gasteiger partial charge in [-0.25, -0.2) is 0 Å². The molecule has 22 heavy (non-hydrogen) atoms. The molecule has 0 heterocycles. The zero-order valence-corrected chi connectivity index (χ0v) is 13.0. The number of amides is 1. The van der Waals surface area contributed by atoms with Gasteiger partial charge in [0.25, 0.3) is 0 Å². The van der Waals surface area contributed by atoms with Crippen molar-refractivity contribution in [3.05, 3.63) is 54.1 Å². The fourth-order valence-electron chi connectivity index (χ4n) is 1.82. The van der Waals surface area contributed by atoms with E-state index in [9.17, 15) is 4.79 Å². The van der Waals surface area contributed by atoms with Crippen LogP contribution in [-0.2, 0) is 4.79 Å². The maximum atomic E-state index is 11.9. The predicted octanol–water partition coefficient (Wildman–Crippen LogP) is 3.69. The summed E-state index contributed by atoms with van der Waals surface area (Å²) in [5.41, 5.74) is 1.18. The van der Waals surface area contributed by atoms with E-state index in [1.165, 1.54) is 0 Å². The average Bonchev–Trinajstić information content (AvgIpc) is 2.55. The molecule has 0 aliphatic heterocycles. The molecule has 0 aliphatic carbocycles. The minimum atomic E-state index is -0.0592. The third-order valence-electron chi connectivity index (χ3n) is 2.93. The standard InChI is InChI=1S/C17H16N2O2S/c1-21-15-5-7-16(8-6-15)22-10-9-17(20)19-14-4-2-3-13(11-14)12-18/h2-8,11H,9-10H2,1H3,(H,19,20). The topological polar surface area (TPSA) is 62.1 Å². The zero-order chi connectivity index (χ0) is 15.8. The Hall–Kier alpha value is -2.45. The number of carbonyl (C=O) groups excluding carboxylic acids is 1. The number of hydrogen-bond donors (Lipinski definition) is 1. The summed E-state index contributed by atoms with van der Waals surface area (Å²) in [6, 6.07) is 16.7. The number of methoxy groups -OCH3 is 1. The molecule has 0 radical (unpaired) electrons. The van der Waals surface area contributed by atoms with Crippen LogP contribution in [0.25, 0.3) is 0 Å². The molecule has 1 amide bonds. The van der Waals surface area contributed by atoms with Gasteiger partial charge in [0.1, 0.15) is 5.75 Å². The van der Waals surface area contributed by atoms with Crippen molar-refractivity contribution in [2.45, 2.75) is 11.3 Å². The maximum Gasteiger partial charge on any atom is 0.225 e. The van der Waals surface area contributed by atoms with Gasteiger partial charge in [0, 0.05) is 22.8 Å². The van der Waals surface area contributed by atoms with Crippen molar-refractivity contribution in [3.8, 4) is 11.8 Å². The Labute approximate surface area is 134 Å². The van der Waals surface area contributed by atoms with E-state index >= 15 is 0 Å². The number of hydrogen-bond acceptors (Lipinski definition) is 4. The van der Waals surface area contributed by atoms with E-state index in [1.54, 1.807) is 43.1 Å². The van der Waals surface area contributed by atoms with E-state index < -0.39 is 0 Å². The minimum Gasteiger partial charge on any atom is -0.497 e. The Morgan fingerprint density at radius 3 is 2.73 bits per heavy atom. The van der Waals surface area contributed by atoms with E-state index in [0.717, 1.165) is 10.6 Å². The molecule has 0 aliphatic rings. The predicted molar refractivity (Wildman–Crippen MR) is 88.1 cm³/mol. The van der Waals surface area contributed by atoms with Gasteiger partial charge in [-0.1, -0.05) is 6.07 Å². The number of nitrogens with one attached hydrogen (secondary N) is 1. The van der Waals surface area contributed by atoms with Crippen LogP contribution < -0.4 is 10.1 Å². The molecule has 0 bridgehead atoms. The van der Waals surface area contributed by atoms with Crippen LogP contribution in [0.4, 0.5) is 5.69 Å². The molecule has 0 spiro atoms. The third kappa shape index (κ3) is 4.83. The first-order valence-corrected chi connectivity index (χ1v) is 7.76. The highest BCUT2D eigenvalue weighted by Gasteiger charge is 2.04. The Morgan fingerprint density at radius 1 is 1.27 bits per heavy atom. The van der Waals surface area contributed by atoms with Crippen LogP contribution in [0, 0.1) is 11.3 Å². The summed E-state index contributed by atoms with van der Waals surface area (Å²) in [4.78, 5) is 13.0. The minimum absolute atomic E-state index is 0.0592. The largest absolute Gasteiger partial charge is 0.497 e. The molecule has 2 rings (SSSR count). The number of carbonyl (C=O) groups is 1. The Morgan fingerprint density at radius 2 is 2.05 bits per heavy atom. The number of thioether (sulfide) groups is 1. The maximum absolute atomic E-state index is 11.9. The summed E-state index contributed by atoms with van der Waals surface area (Å²) >= 11 is 1.62. The molecular weight excluding hydrogens is 296 g/mol. The number of rotatable bonds is 6. The van der Waals surface area contributed by atoms with E-state index in [-0.39, 0.29) is 5.91 Å². The molecule has 2 aromatic rings. The first kappa shape index (κ1) is 15.9. The van der Waals surface area contributed by atoms with Crippen molar-refractivity contribution >= 4 is 23.4 Å². The van der Waals surface area contributed by atoms with E-state index in [4.69, 9.17) is 10.00 Å². The van der Waals surface area contributed by atoms with Gasteiger partial charge in [-0.05, 0) is 42.5 Å². The van der Waals surface area contributed by atoms with Crippen molar-refractivity contribution in [1.29, 1.82) is 5.26 Å². The number of ether oxygens (including phenoxy) is 1. The van der Waals surface area contributed by atoms with Gasteiger partial charge in [0.15, 0.2) is 0 Å². The summed E-state index contributed by atoms with van der Waals surface area (Å²) < 4.78 is 5.10. The Bertz CT molecular complexity index is 678. The van der Waals surface area contributed by atoms with Crippen LogP contribution in [0.3, 0.4) is 0 Å². The molecule has 0 unspecified atom stereocenters. The second-order valence-corrected chi connectivity index (χ2v) is 5.68. The zero-order valence-electron chi connectivity index (χ0n) is 12.2. The smallest absolute Gasteiger partial charge is 0.225 e. The van der Waals surface area contributed by atoms with Crippen molar-refractivity contribution in [3.63, 3.8) is 0 Å². The van der Waals surface area contributed by atoms with E-state index in [1.807, 2.05) is 30.3 Å². The van der Waals surface area contributed by atoms with Crippen molar-refractivity contribution < 1.29 is 9.53 Å². The summed E-state index contributed by atoms with van der Waals surface area (Å²) in [7, 11) is 1.63. The first-order valence-electron chi connectivity index (χ1n) is 6.78. The SMILES string of the molecule is COc1ccc(SCCC(=O)Nc2cccc(C#N)c2)cc1. The van der Waals surface area contributed by atoms with Gasteiger partial charge < -0.3 is 10.1 Å². The lowest BCUT2D eigenvalue weighted by atomic mass is 10.2. The molecule has 5 heteroatoms. The van der Waals surface area contributed by atoms with Gasteiger partial charge in [-0.2, -0.15) is 5.26 Å². The quantitative estimate of drug-likeness (QED) is 0.826. The van der Waals surface area contributed by atoms with Gasteiger partial charge in [0.05, 0.1) is 18.7 Å². The molecule has 4 nitrogen and oxygen atoms in total. The highest BCUT2D eigenvalue weighted by Crippen LogP contribution is 2.22. The number of nitriles is 1. The normalized spacial score (nSPS) is 9.82. The van der Waals surface area contributed by atoms with Crippen molar-refractivity contribution in [2.75, 3.05) is 18.2 Å². The van der Waals surface area contributed by atoms with Crippen molar-refractivity contribution in [2.24, 2.45) is 0 Å². The third-order valence-corrected chi connectivity index (χ3v) is 3.95. The van der Waals surface area contributed by atoms with Crippen LogP contribution in [0.1, 0.15) is 12.0 Å². The summed E-state index contributed by atoms with van der Waals surface area (Å²) in [5.74, 6) is 1.45. The van der Waals surface area contributed by atoms with Gasteiger partial charge in [-0.3, -0.25) is 4.79 Å². The molecule has 0 atom stereocenters. The van der Waals surface area contributed by atoms with E-state index in [2.05, 4.69) is 5.32 Å².